The number of hydrogen-bond acceptors (Lipinski definition) is 4. The van der Waals surface area contributed by atoms with Crippen molar-refractivity contribution >= 4 is 5.91 Å². The molecule has 1 saturated heterocycles. The van der Waals surface area contributed by atoms with E-state index >= 15 is 0 Å². The fourth-order valence-corrected chi connectivity index (χ4v) is 3.38. The number of amides is 1. The smallest absolute Gasteiger partial charge is 0.254 e. The highest BCUT2D eigenvalue weighted by atomic mass is 16.5. The van der Waals surface area contributed by atoms with Gasteiger partial charge in [0.05, 0.1) is 14.2 Å². The molecule has 1 fully saturated rings. The maximum atomic E-state index is 13.0. The van der Waals surface area contributed by atoms with E-state index in [4.69, 9.17) is 15.2 Å². The summed E-state index contributed by atoms with van der Waals surface area (Å²) in [6.07, 6.45) is 4.36. The number of piperidine rings is 1. The second-order valence-corrected chi connectivity index (χ2v) is 6.38. The Balaban J connectivity index is 2.37. The number of nitrogens with zero attached hydrogens (tertiary/aromatic N) is 1. The van der Waals surface area contributed by atoms with E-state index in [0.717, 1.165) is 24.9 Å². The summed E-state index contributed by atoms with van der Waals surface area (Å²) in [7, 11) is 3.18. The highest BCUT2D eigenvalue weighted by Gasteiger charge is 2.30. The minimum atomic E-state index is 0.00335. The number of likely N-dealkylation sites (tertiary alicyclic amines) is 1. The Hall–Kier alpha value is -2.01. The lowest BCUT2D eigenvalue weighted by Crippen LogP contribution is -2.49. The van der Waals surface area contributed by atoms with Crippen molar-refractivity contribution in [1.29, 1.82) is 0 Å². The van der Waals surface area contributed by atoms with Crippen LogP contribution in [-0.4, -0.2) is 44.2 Å². The van der Waals surface area contributed by atoms with Crippen LogP contribution in [0.3, 0.4) is 0 Å². The average molecular weight is 332 g/mol. The molecule has 2 atom stereocenters. The predicted octanol–water partition coefficient (Wildman–Crippen LogP) is 2.63. The van der Waals surface area contributed by atoms with E-state index in [-0.39, 0.29) is 11.9 Å². The zero-order valence-corrected chi connectivity index (χ0v) is 14.9. The predicted molar refractivity (Wildman–Crippen MR) is 95.7 cm³/mol. The van der Waals surface area contributed by atoms with E-state index in [1.165, 1.54) is 0 Å². The van der Waals surface area contributed by atoms with Crippen LogP contribution >= 0.6 is 0 Å². The summed E-state index contributed by atoms with van der Waals surface area (Å²) in [6.45, 7) is 7.22. The lowest BCUT2D eigenvalue weighted by Gasteiger charge is -2.38. The Morgan fingerprint density at radius 2 is 2.17 bits per heavy atom. The van der Waals surface area contributed by atoms with Crippen LogP contribution in [0.5, 0.6) is 11.5 Å². The molecule has 0 aromatic heterocycles. The monoisotopic (exact) mass is 332 g/mol. The molecule has 1 amide bonds. The summed E-state index contributed by atoms with van der Waals surface area (Å²) >= 11 is 0. The number of methoxy groups -OCH3 is 2. The molecule has 2 unspecified atom stereocenters. The van der Waals surface area contributed by atoms with Gasteiger partial charge in [-0.25, -0.2) is 0 Å². The molecule has 2 rings (SSSR count). The first kappa shape index (κ1) is 18.3. The van der Waals surface area contributed by atoms with Gasteiger partial charge >= 0.3 is 0 Å². The summed E-state index contributed by atoms with van der Waals surface area (Å²) in [4.78, 5) is 14.9. The fourth-order valence-electron chi connectivity index (χ4n) is 3.38. The summed E-state index contributed by atoms with van der Waals surface area (Å²) in [6, 6.07) is 3.72. The third kappa shape index (κ3) is 3.73. The molecule has 0 saturated carbocycles. The van der Waals surface area contributed by atoms with E-state index in [1.54, 1.807) is 26.4 Å². The SMILES string of the molecule is C=CCc1cc(C(=O)N2CCC(C)CC2CN)cc(OC)c1OC. The zero-order chi connectivity index (χ0) is 17.7. The molecule has 2 N–H and O–H groups in total. The number of carbonyl (C=O) groups is 1. The van der Waals surface area contributed by atoms with Crippen molar-refractivity contribution in [2.45, 2.75) is 32.2 Å². The van der Waals surface area contributed by atoms with Crippen LogP contribution in [0, 0.1) is 5.92 Å². The quantitative estimate of drug-likeness (QED) is 0.813. The number of benzene rings is 1. The van der Waals surface area contributed by atoms with Gasteiger partial charge in [0, 0.05) is 30.3 Å². The summed E-state index contributed by atoms with van der Waals surface area (Å²) in [5.74, 6) is 1.82. The first-order valence-corrected chi connectivity index (χ1v) is 8.42. The first-order chi connectivity index (χ1) is 11.5. The maximum absolute atomic E-state index is 13.0. The topological polar surface area (TPSA) is 64.8 Å². The lowest BCUT2D eigenvalue weighted by molar-refractivity contribution is 0.0573. The summed E-state index contributed by atoms with van der Waals surface area (Å²) in [5.41, 5.74) is 7.40. The van der Waals surface area contributed by atoms with Crippen molar-refractivity contribution in [2.24, 2.45) is 11.7 Å². The fraction of sp³-hybridized carbons (Fsp3) is 0.526. The second-order valence-electron chi connectivity index (χ2n) is 6.38. The first-order valence-electron chi connectivity index (χ1n) is 8.42. The number of nitrogens with two attached hydrogens (primary N) is 1. The van der Waals surface area contributed by atoms with Crippen LogP contribution in [0.1, 0.15) is 35.7 Å². The Labute approximate surface area is 144 Å². The maximum Gasteiger partial charge on any atom is 0.254 e. The van der Waals surface area contributed by atoms with Gasteiger partial charge in [-0.05, 0) is 37.3 Å². The standard InChI is InChI=1S/C19H28N2O3/c1-5-6-14-10-15(11-17(23-3)18(14)24-4)19(22)21-8-7-13(2)9-16(21)12-20/h5,10-11,13,16H,1,6-9,12,20H2,2-4H3. The average Bonchev–Trinajstić information content (AvgIpc) is 2.60. The van der Waals surface area contributed by atoms with Crippen molar-refractivity contribution < 1.29 is 14.3 Å². The van der Waals surface area contributed by atoms with Gasteiger partial charge in [0.1, 0.15) is 0 Å². The minimum absolute atomic E-state index is 0.00335. The van der Waals surface area contributed by atoms with Gasteiger partial charge in [-0.3, -0.25) is 4.79 Å². The third-order valence-corrected chi connectivity index (χ3v) is 4.68. The molecule has 1 aliphatic heterocycles. The molecule has 0 spiro atoms. The van der Waals surface area contributed by atoms with Gasteiger partial charge in [-0.1, -0.05) is 13.0 Å². The molecule has 1 aromatic rings. The molecule has 5 nitrogen and oxygen atoms in total. The van der Waals surface area contributed by atoms with Crippen LogP contribution in [0.4, 0.5) is 0 Å². The zero-order valence-electron chi connectivity index (χ0n) is 14.9. The molecular weight excluding hydrogens is 304 g/mol. The molecule has 5 heteroatoms. The van der Waals surface area contributed by atoms with Crippen LogP contribution in [0.15, 0.2) is 24.8 Å². The largest absolute Gasteiger partial charge is 0.493 e. The summed E-state index contributed by atoms with van der Waals surface area (Å²) in [5, 5.41) is 0. The van der Waals surface area contributed by atoms with Crippen molar-refractivity contribution in [3.63, 3.8) is 0 Å². The van der Waals surface area contributed by atoms with Crippen molar-refractivity contribution in [1.82, 2.24) is 4.90 Å². The van der Waals surface area contributed by atoms with Crippen molar-refractivity contribution in [3.8, 4) is 11.5 Å². The van der Waals surface area contributed by atoms with Crippen LogP contribution in [-0.2, 0) is 6.42 Å². The summed E-state index contributed by atoms with van der Waals surface area (Å²) < 4.78 is 10.9. The number of rotatable bonds is 6. The van der Waals surface area contributed by atoms with Gasteiger partial charge < -0.3 is 20.1 Å². The third-order valence-electron chi connectivity index (χ3n) is 4.68. The molecule has 0 aliphatic carbocycles. The number of ether oxygens (including phenoxy) is 2. The van der Waals surface area contributed by atoms with Crippen molar-refractivity contribution in [2.75, 3.05) is 27.3 Å². The molecule has 24 heavy (non-hydrogen) atoms. The van der Waals surface area contributed by atoms with Gasteiger partial charge in [-0.2, -0.15) is 0 Å². The van der Waals surface area contributed by atoms with E-state index < -0.39 is 0 Å². The van der Waals surface area contributed by atoms with Crippen LogP contribution in [0.2, 0.25) is 0 Å². The molecule has 132 valence electrons. The van der Waals surface area contributed by atoms with E-state index in [1.807, 2.05) is 11.0 Å². The van der Waals surface area contributed by atoms with E-state index in [0.29, 0.717) is 35.9 Å². The van der Waals surface area contributed by atoms with Gasteiger partial charge in [0.15, 0.2) is 11.5 Å². The molecule has 0 bridgehead atoms. The lowest BCUT2D eigenvalue weighted by atomic mass is 9.91. The second kappa shape index (κ2) is 8.20. The molecule has 1 aromatic carbocycles. The highest BCUT2D eigenvalue weighted by Crippen LogP contribution is 2.34. The minimum Gasteiger partial charge on any atom is -0.493 e. The van der Waals surface area contributed by atoms with Gasteiger partial charge in [-0.15, -0.1) is 6.58 Å². The highest BCUT2D eigenvalue weighted by molar-refractivity contribution is 5.95. The molecular formula is C19H28N2O3. The van der Waals surface area contributed by atoms with E-state index in [2.05, 4.69) is 13.5 Å². The molecule has 1 heterocycles. The Kier molecular flexibility index (Phi) is 6.26. The van der Waals surface area contributed by atoms with Crippen LogP contribution in [0.25, 0.3) is 0 Å². The van der Waals surface area contributed by atoms with Crippen LogP contribution < -0.4 is 15.2 Å². The number of carbonyl (C=O) groups excluding carboxylic acids is 1. The number of hydrogen-bond donors (Lipinski definition) is 1. The molecule has 0 radical (unpaired) electrons. The Morgan fingerprint density at radius 1 is 1.42 bits per heavy atom. The molecule has 1 aliphatic rings. The normalized spacial score (nSPS) is 20.6. The van der Waals surface area contributed by atoms with Gasteiger partial charge in [0.2, 0.25) is 0 Å². The van der Waals surface area contributed by atoms with Crippen molar-refractivity contribution in [3.05, 3.63) is 35.9 Å². The van der Waals surface area contributed by atoms with E-state index in [9.17, 15) is 4.79 Å². The van der Waals surface area contributed by atoms with Gasteiger partial charge in [0.25, 0.3) is 5.91 Å². The number of allylic oxidation sites excluding steroid dienone is 1. The Bertz CT molecular complexity index is 601. The Morgan fingerprint density at radius 3 is 2.75 bits per heavy atom.